The van der Waals surface area contributed by atoms with Gasteiger partial charge in [-0.05, 0) is 54.7 Å². The molecule has 0 fully saturated rings. The molecule has 2 heterocycles. The number of fused-ring (bicyclic) bond motifs is 1. The van der Waals surface area contributed by atoms with Gasteiger partial charge >= 0.3 is 0 Å². The van der Waals surface area contributed by atoms with Gasteiger partial charge in [-0.15, -0.1) is 0 Å². The second-order valence-corrected chi connectivity index (χ2v) is 8.13. The molecule has 0 radical (unpaired) electrons. The summed E-state index contributed by atoms with van der Waals surface area (Å²) in [6, 6.07) is 12.9. The van der Waals surface area contributed by atoms with E-state index in [1.807, 2.05) is 45.0 Å². The number of aryl methyl sites for hydroxylation is 1. The van der Waals surface area contributed by atoms with Crippen molar-refractivity contribution in [2.45, 2.75) is 33.1 Å². The fourth-order valence-electron chi connectivity index (χ4n) is 3.40. The highest BCUT2D eigenvalue weighted by atomic mass is 16.5. The summed E-state index contributed by atoms with van der Waals surface area (Å²) in [7, 11) is 1.57. The van der Waals surface area contributed by atoms with E-state index < -0.39 is 11.5 Å². The van der Waals surface area contributed by atoms with Crippen LogP contribution in [0, 0.1) is 18.3 Å². The Labute approximate surface area is 198 Å². The second-order valence-electron chi connectivity index (χ2n) is 8.13. The summed E-state index contributed by atoms with van der Waals surface area (Å²) in [6.45, 7) is 6.85. The third kappa shape index (κ3) is 5.69. The van der Waals surface area contributed by atoms with Gasteiger partial charge < -0.3 is 14.8 Å². The van der Waals surface area contributed by atoms with E-state index in [1.54, 1.807) is 31.5 Å². The average Bonchev–Trinajstić information content (AvgIpc) is 2.81. The number of nitrogens with one attached hydrogen (secondary N) is 1. The molecule has 1 N–H and O–H groups in total. The maximum absolute atomic E-state index is 13.3. The van der Waals surface area contributed by atoms with Gasteiger partial charge in [-0.1, -0.05) is 32.0 Å². The van der Waals surface area contributed by atoms with Crippen LogP contribution in [0.5, 0.6) is 11.6 Å². The summed E-state index contributed by atoms with van der Waals surface area (Å²) >= 11 is 0. The van der Waals surface area contributed by atoms with Crippen molar-refractivity contribution < 1.29 is 14.3 Å². The summed E-state index contributed by atoms with van der Waals surface area (Å²) in [4.78, 5) is 30.4. The number of rotatable bonds is 9. The van der Waals surface area contributed by atoms with Crippen LogP contribution in [0.3, 0.4) is 0 Å². The highest BCUT2D eigenvalue weighted by molar-refractivity contribution is 6.01. The van der Waals surface area contributed by atoms with Crippen molar-refractivity contribution in [2.75, 3.05) is 20.3 Å². The van der Waals surface area contributed by atoms with E-state index in [2.05, 4.69) is 10.3 Å². The van der Waals surface area contributed by atoms with Gasteiger partial charge in [-0.3, -0.25) is 14.0 Å². The lowest BCUT2D eigenvalue weighted by atomic mass is 10.0. The van der Waals surface area contributed by atoms with Gasteiger partial charge in [-0.2, -0.15) is 10.2 Å². The van der Waals surface area contributed by atoms with Crippen LogP contribution in [0.25, 0.3) is 11.7 Å². The first-order chi connectivity index (χ1) is 16.3. The molecule has 0 bridgehead atoms. The minimum atomic E-state index is -0.583. The van der Waals surface area contributed by atoms with Gasteiger partial charge in [0.1, 0.15) is 28.6 Å². The van der Waals surface area contributed by atoms with E-state index >= 15 is 0 Å². The summed E-state index contributed by atoms with van der Waals surface area (Å²) in [5, 5.41) is 12.3. The lowest BCUT2D eigenvalue weighted by Gasteiger charge is -2.16. The zero-order chi connectivity index (χ0) is 24.7. The Morgan fingerprint density at radius 3 is 2.79 bits per heavy atom. The van der Waals surface area contributed by atoms with Gasteiger partial charge in [0.15, 0.2) is 0 Å². The Kier molecular flexibility index (Phi) is 8.17. The molecule has 8 heteroatoms. The molecular formula is C26H28N4O4. The van der Waals surface area contributed by atoms with Gasteiger partial charge in [0.05, 0.1) is 0 Å². The molecule has 0 aliphatic carbocycles. The van der Waals surface area contributed by atoms with E-state index in [1.165, 1.54) is 10.5 Å². The van der Waals surface area contributed by atoms with Crippen LogP contribution in [0.15, 0.2) is 53.0 Å². The lowest BCUT2D eigenvalue weighted by molar-refractivity contribution is -0.117. The number of benzene rings is 1. The van der Waals surface area contributed by atoms with E-state index in [4.69, 9.17) is 9.47 Å². The van der Waals surface area contributed by atoms with Gasteiger partial charge in [0.2, 0.25) is 5.88 Å². The topological polar surface area (TPSA) is 106 Å². The normalized spacial score (nSPS) is 11.5. The predicted octanol–water partition coefficient (Wildman–Crippen LogP) is 3.98. The zero-order valence-electron chi connectivity index (χ0n) is 19.8. The standard InChI is InChI=1S/C26H28N4O4/c1-17(2)20-10-9-18(3)14-22(20)34-25-21(26(32)30-12-6-5-8-23(30)29-25)15-19(16-27)24(31)28-11-7-13-33-4/h5-6,8-10,12,14-15,17H,7,11,13H2,1-4H3,(H,28,31). The van der Waals surface area contributed by atoms with Crippen molar-refractivity contribution in [2.24, 2.45) is 0 Å². The number of aromatic nitrogens is 2. The number of pyridine rings is 1. The van der Waals surface area contributed by atoms with Crippen LogP contribution in [0.2, 0.25) is 0 Å². The molecule has 3 aromatic rings. The molecule has 0 saturated carbocycles. The third-order valence-corrected chi connectivity index (χ3v) is 5.20. The Hall–Kier alpha value is -3.96. The lowest BCUT2D eigenvalue weighted by Crippen LogP contribution is -2.27. The first-order valence-electron chi connectivity index (χ1n) is 11.0. The minimum absolute atomic E-state index is 0.0171. The van der Waals surface area contributed by atoms with E-state index in [-0.39, 0.29) is 22.9 Å². The minimum Gasteiger partial charge on any atom is -0.438 e. The highest BCUT2D eigenvalue weighted by Crippen LogP contribution is 2.32. The number of amides is 1. The average molecular weight is 461 g/mol. The molecule has 1 aromatic carbocycles. The molecule has 2 aromatic heterocycles. The van der Waals surface area contributed by atoms with Crippen molar-refractivity contribution >= 4 is 17.6 Å². The second kappa shape index (κ2) is 11.3. The predicted molar refractivity (Wildman–Crippen MR) is 130 cm³/mol. The van der Waals surface area contributed by atoms with Crippen molar-refractivity contribution in [3.8, 4) is 17.7 Å². The number of carbonyl (C=O) groups excluding carboxylic acids is 1. The molecule has 3 rings (SSSR count). The Morgan fingerprint density at radius 1 is 1.29 bits per heavy atom. The smallest absolute Gasteiger partial charge is 0.269 e. The number of nitrogens with zero attached hydrogens (tertiary/aromatic N) is 3. The van der Waals surface area contributed by atoms with E-state index in [9.17, 15) is 14.9 Å². The summed E-state index contributed by atoms with van der Waals surface area (Å²) in [6.07, 6.45) is 3.41. The van der Waals surface area contributed by atoms with Crippen molar-refractivity contribution in [1.29, 1.82) is 5.26 Å². The highest BCUT2D eigenvalue weighted by Gasteiger charge is 2.19. The van der Waals surface area contributed by atoms with Crippen LogP contribution >= 0.6 is 0 Å². The van der Waals surface area contributed by atoms with Crippen molar-refractivity contribution in [3.05, 3.63) is 75.2 Å². The molecule has 176 valence electrons. The molecule has 8 nitrogen and oxygen atoms in total. The Morgan fingerprint density at radius 2 is 2.09 bits per heavy atom. The van der Waals surface area contributed by atoms with E-state index in [0.29, 0.717) is 31.0 Å². The van der Waals surface area contributed by atoms with Crippen LogP contribution in [-0.4, -0.2) is 35.6 Å². The number of ether oxygens (including phenoxy) is 2. The number of nitriles is 1. The van der Waals surface area contributed by atoms with Crippen molar-refractivity contribution in [1.82, 2.24) is 14.7 Å². The molecule has 0 saturated heterocycles. The molecule has 0 atom stereocenters. The van der Waals surface area contributed by atoms with Gasteiger partial charge in [-0.25, -0.2) is 0 Å². The van der Waals surface area contributed by atoms with Gasteiger partial charge in [0, 0.05) is 26.5 Å². The van der Waals surface area contributed by atoms with Crippen LogP contribution < -0.4 is 15.6 Å². The molecule has 34 heavy (non-hydrogen) atoms. The Balaban J connectivity index is 2.12. The Bertz CT molecular complexity index is 1320. The largest absolute Gasteiger partial charge is 0.438 e. The maximum Gasteiger partial charge on any atom is 0.269 e. The number of methoxy groups -OCH3 is 1. The summed E-state index contributed by atoms with van der Waals surface area (Å²) in [5.74, 6) is 0.187. The fourth-order valence-corrected chi connectivity index (χ4v) is 3.40. The summed E-state index contributed by atoms with van der Waals surface area (Å²) < 4.78 is 12.5. The van der Waals surface area contributed by atoms with Crippen molar-refractivity contribution in [3.63, 3.8) is 0 Å². The van der Waals surface area contributed by atoms with Crippen LogP contribution in [0.4, 0.5) is 0 Å². The SMILES string of the molecule is COCCCNC(=O)C(C#N)=Cc1c(Oc2cc(C)ccc2C(C)C)nc2ccccn2c1=O. The first kappa shape index (κ1) is 24.7. The number of hydrogen-bond acceptors (Lipinski definition) is 6. The fraction of sp³-hybridized carbons (Fsp3) is 0.308. The summed E-state index contributed by atoms with van der Waals surface area (Å²) in [5.41, 5.74) is 1.68. The molecule has 0 aliphatic heterocycles. The number of hydrogen-bond donors (Lipinski definition) is 1. The first-order valence-corrected chi connectivity index (χ1v) is 11.0. The van der Waals surface area contributed by atoms with Gasteiger partial charge in [0.25, 0.3) is 11.5 Å². The number of carbonyl (C=O) groups is 1. The monoisotopic (exact) mass is 460 g/mol. The third-order valence-electron chi connectivity index (χ3n) is 5.20. The zero-order valence-corrected chi connectivity index (χ0v) is 19.8. The van der Waals surface area contributed by atoms with Crippen LogP contribution in [-0.2, 0) is 9.53 Å². The molecule has 0 aliphatic rings. The van der Waals surface area contributed by atoms with E-state index in [0.717, 1.165) is 11.1 Å². The quantitative estimate of drug-likeness (QED) is 0.294. The molecule has 0 unspecified atom stereocenters. The molecule has 0 spiro atoms. The molecule has 1 amide bonds. The maximum atomic E-state index is 13.3. The van der Waals surface area contributed by atoms with Crippen LogP contribution in [0.1, 0.15) is 42.9 Å². The molecular weight excluding hydrogens is 432 g/mol.